The smallest absolute Gasteiger partial charge is 0.223 e. The van der Waals surface area contributed by atoms with Gasteiger partial charge in [-0.1, -0.05) is 20.3 Å². The van der Waals surface area contributed by atoms with Crippen LogP contribution in [0.4, 0.5) is 0 Å². The number of rotatable bonds is 5. The summed E-state index contributed by atoms with van der Waals surface area (Å²) in [4.78, 5) is 14.5. The van der Waals surface area contributed by atoms with Crippen LogP contribution in [0.25, 0.3) is 0 Å². The second kappa shape index (κ2) is 5.88. The first-order valence-corrected chi connectivity index (χ1v) is 7.57. The second-order valence-electron chi connectivity index (χ2n) is 5.86. The van der Waals surface area contributed by atoms with Crippen molar-refractivity contribution < 1.29 is 4.79 Å². The average Bonchev–Trinajstić information content (AvgIpc) is 3.15. The van der Waals surface area contributed by atoms with Crippen LogP contribution in [0.15, 0.2) is 0 Å². The average molecular weight is 237 g/mol. The Morgan fingerprint density at radius 1 is 1.00 bits per heavy atom. The highest BCUT2D eigenvalue weighted by Gasteiger charge is 2.37. The minimum atomic E-state index is 0.426. The van der Waals surface area contributed by atoms with Gasteiger partial charge in [0.1, 0.15) is 0 Å². The van der Waals surface area contributed by atoms with Gasteiger partial charge in [-0.3, -0.25) is 4.79 Å². The van der Waals surface area contributed by atoms with Crippen LogP contribution in [0.3, 0.4) is 0 Å². The van der Waals surface area contributed by atoms with Crippen molar-refractivity contribution in [3.8, 4) is 0 Å². The highest BCUT2D eigenvalue weighted by molar-refractivity contribution is 5.77. The SMILES string of the molecule is CCCC(=O)N(C1CCC(CC)CC1)C1CC1. The van der Waals surface area contributed by atoms with E-state index in [0.717, 1.165) is 18.8 Å². The van der Waals surface area contributed by atoms with Gasteiger partial charge in [0.25, 0.3) is 0 Å². The van der Waals surface area contributed by atoms with Crippen molar-refractivity contribution in [1.82, 2.24) is 4.90 Å². The van der Waals surface area contributed by atoms with E-state index in [2.05, 4.69) is 18.7 Å². The Labute approximate surface area is 106 Å². The minimum Gasteiger partial charge on any atom is -0.337 e. The highest BCUT2D eigenvalue weighted by Crippen LogP contribution is 2.36. The molecule has 0 bridgehead atoms. The zero-order valence-corrected chi connectivity index (χ0v) is 11.5. The third kappa shape index (κ3) is 3.23. The molecule has 0 atom stereocenters. The van der Waals surface area contributed by atoms with Gasteiger partial charge in [0.2, 0.25) is 5.91 Å². The first-order chi connectivity index (χ1) is 8.26. The van der Waals surface area contributed by atoms with Crippen LogP contribution in [0.1, 0.15) is 71.6 Å². The molecule has 0 heterocycles. The van der Waals surface area contributed by atoms with E-state index in [-0.39, 0.29) is 0 Å². The van der Waals surface area contributed by atoms with Crippen molar-refractivity contribution >= 4 is 5.91 Å². The molecule has 0 saturated heterocycles. The lowest BCUT2D eigenvalue weighted by atomic mass is 9.83. The summed E-state index contributed by atoms with van der Waals surface area (Å²) in [5.74, 6) is 1.35. The van der Waals surface area contributed by atoms with Gasteiger partial charge >= 0.3 is 0 Å². The molecule has 2 aliphatic rings. The normalized spacial score (nSPS) is 29.1. The Hall–Kier alpha value is -0.530. The number of carbonyl (C=O) groups is 1. The molecule has 0 spiro atoms. The van der Waals surface area contributed by atoms with Gasteiger partial charge in [0, 0.05) is 18.5 Å². The van der Waals surface area contributed by atoms with E-state index in [0.29, 0.717) is 18.0 Å². The number of nitrogens with zero attached hydrogens (tertiary/aromatic N) is 1. The highest BCUT2D eigenvalue weighted by atomic mass is 16.2. The van der Waals surface area contributed by atoms with Gasteiger partial charge < -0.3 is 4.90 Å². The number of carbonyl (C=O) groups excluding carboxylic acids is 1. The molecule has 2 nitrogen and oxygen atoms in total. The molecule has 0 aromatic carbocycles. The summed E-state index contributed by atoms with van der Waals surface area (Å²) in [5, 5.41) is 0. The fourth-order valence-corrected chi connectivity index (χ4v) is 3.23. The summed E-state index contributed by atoms with van der Waals surface area (Å²) in [6.07, 6.45) is 10.8. The van der Waals surface area contributed by atoms with Crippen molar-refractivity contribution in [2.24, 2.45) is 5.92 Å². The molecule has 2 aliphatic carbocycles. The van der Waals surface area contributed by atoms with Crippen LogP contribution in [-0.2, 0) is 4.79 Å². The van der Waals surface area contributed by atoms with Crippen LogP contribution in [0.5, 0.6) is 0 Å². The van der Waals surface area contributed by atoms with E-state index < -0.39 is 0 Å². The third-order valence-corrected chi connectivity index (χ3v) is 4.48. The van der Waals surface area contributed by atoms with Gasteiger partial charge in [0.05, 0.1) is 0 Å². The molecule has 0 radical (unpaired) electrons. The van der Waals surface area contributed by atoms with Crippen molar-refractivity contribution in [3.05, 3.63) is 0 Å². The van der Waals surface area contributed by atoms with Gasteiger partial charge in [-0.25, -0.2) is 0 Å². The zero-order valence-electron chi connectivity index (χ0n) is 11.5. The van der Waals surface area contributed by atoms with Crippen LogP contribution in [0, 0.1) is 5.92 Å². The molecular formula is C15H27NO. The predicted octanol–water partition coefficient (Wildman–Crippen LogP) is 3.75. The van der Waals surface area contributed by atoms with Crippen molar-refractivity contribution in [1.29, 1.82) is 0 Å². The van der Waals surface area contributed by atoms with Crippen LogP contribution in [0.2, 0.25) is 0 Å². The quantitative estimate of drug-likeness (QED) is 0.713. The Morgan fingerprint density at radius 2 is 1.53 bits per heavy atom. The van der Waals surface area contributed by atoms with E-state index >= 15 is 0 Å². The number of amides is 1. The van der Waals surface area contributed by atoms with E-state index in [9.17, 15) is 4.79 Å². The molecule has 17 heavy (non-hydrogen) atoms. The number of hydrogen-bond acceptors (Lipinski definition) is 1. The molecule has 2 heteroatoms. The Kier molecular flexibility index (Phi) is 4.47. The maximum Gasteiger partial charge on any atom is 0.223 e. The van der Waals surface area contributed by atoms with Crippen LogP contribution in [-0.4, -0.2) is 22.9 Å². The van der Waals surface area contributed by atoms with Gasteiger partial charge in [-0.2, -0.15) is 0 Å². The monoisotopic (exact) mass is 237 g/mol. The fraction of sp³-hybridized carbons (Fsp3) is 0.933. The van der Waals surface area contributed by atoms with Crippen LogP contribution >= 0.6 is 0 Å². The summed E-state index contributed by atoms with van der Waals surface area (Å²) in [5.41, 5.74) is 0. The maximum atomic E-state index is 12.2. The fourth-order valence-electron chi connectivity index (χ4n) is 3.23. The molecule has 0 unspecified atom stereocenters. The van der Waals surface area contributed by atoms with Crippen LogP contribution < -0.4 is 0 Å². The van der Waals surface area contributed by atoms with Crippen molar-refractivity contribution in [2.75, 3.05) is 0 Å². The minimum absolute atomic E-state index is 0.426. The molecule has 2 rings (SSSR count). The van der Waals surface area contributed by atoms with Crippen molar-refractivity contribution in [2.45, 2.75) is 83.7 Å². The van der Waals surface area contributed by atoms with Crippen molar-refractivity contribution in [3.63, 3.8) is 0 Å². The maximum absolute atomic E-state index is 12.2. The molecule has 1 amide bonds. The molecule has 0 aliphatic heterocycles. The zero-order chi connectivity index (χ0) is 12.3. The Balaban J connectivity index is 1.90. The molecule has 2 fully saturated rings. The van der Waals surface area contributed by atoms with E-state index in [1.165, 1.54) is 44.9 Å². The summed E-state index contributed by atoms with van der Waals surface area (Å²) in [7, 11) is 0. The van der Waals surface area contributed by atoms with E-state index in [4.69, 9.17) is 0 Å². The van der Waals surface area contributed by atoms with Gasteiger partial charge in [0.15, 0.2) is 0 Å². The lowest BCUT2D eigenvalue weighted by Gasteiger charge is -2.37. The van der Waals surface area contributed by atoms with E-state index in [1.54, 1.807) is 0 Å². The standard InChI is InChI=1S/C15H27NO/c1-3-5-15(17)16(14-10-11-14)13-8-6-12(4-2)7-9-13/h12-14H,3-11H2,1-2H3. The largest absolute Gasteiger partial charge is 0.337 e. The lowest BCUT2D eigenvalue weighted by Crippen LogP contribution is -2.43. The molecular weight excluding hydrogens is 210 g/mol. The summed E-state index contributed by atoms with van der Waals surface area (Å²) < 4.78 is 0. The molecule has 0 aromatic heterocycles. The molecule has 2 saturated carbocycles. The predicted molar refractivity (Wildman–Crippen MR) is 70.8 cm³/mol. The second-order valence-corrected chi connectivity index (χ2v) is 5.86. The first-order valence-electron chi connectivity index (χ1n) is 7.57. The summed E-state index contributed by atoms with van der Waals surface area (Å²) in [6.45, 7) is 4.41. The Morgan fingerprint density at radius 3 is 1.94 bits per heavy atom. The van der Waals surface area contributed by atoms with E-state index in [1.807, 2.05) is 0 Å². The molecule has 0 N–H and O–H groups in total. The summed E-state index contributed by atoms with van der Waals surface area (Å²) in [6, 6.07) is 1.18. The molecule has 98 valence electrons. The summed E-state index contributed by atoms with van der Waals surface area (Å²) >= 11 is 0. The van der Waals surface area contributed by atoms with Gasteiger partial charge in [-0.05, 0) is 50.9 Å². The topological polar surface area (TPSA) is 20.3 Å². The van der Waals surface area contributed by atoms with Gasteiger partial charge in [-0.15, -0.1) is 0 Å². The molecule has 0 aromatic rings. The third-order valence-electron chi connectivity index (χ3n) is 4.48. The first kappa shape index (κ1) is 12.9. The number of hydrogen-bond donors (Lipinski definition) is 0. The lowest BCUT2D eigenvalue weighted by molar-refractivity contribution is -0.135. The Bertz CT molecular complexity index is 252.